The smallest absolute Gasteiger partial charge is 0.112 e. The first-order valence-corrected chi connectivity index (χ1v) is 6.00. The van der Waals surface area contributed by atoms with Crippen LogP contribution in [0, 0.1) is 5.92 Å². The third-order valence-corrected chi connectivity index (χ3v) is 3.32. The summed E-state index contributed by atoms with van der Waals surface area (Å²) in [5, 5.41) is 0. The summed E-state index contributed by atoms with van der Waals surface area (Å²) in [5.74, 6) is 0.510. The van der Waals surface area contributed by atoms with Gasteiger partial charge in [0.25, 0.3) is 0 Å². The maximum absolute atomic E-state index is 14.3. The maximum Gasteiger partial charge on any atom is 0.112 e. The highest BCUT2D eigenvalue weighted by Crippen LogP contribution is 2.37. The fourth-order valence-corrected chi connectivity index (χ4v) is 2.76. The standard InChI is InChI=1S/C12H24FN/c1-3-5-10(2)8-12(13)7-4-6-11(14)9-12/h10-11H,3-9,14H2,1-2H3. The topological polar surface area (TPSA) is 26.0 Å². The summed E-state index contributed by atoms with van der Waals surface area (Å²) in [6.45, 7) is 4.32. The molecule has 0 bridgehead atoms. The zero-order valence-corrected chi connectivity index (χ0v) is 9.56. The van der Waals surface area contributed by atoms with Crippen molar-refractivity contribution in [3.63, 3.8) is 0 Å². The van der Waals surface area contributed by atoms with Crippen molar-refractivity contribution in [3.8, 4) is 0 Å². The Labute approximate surface area is 87.3 Å². The van der Waals surface area contributed by atoms with E-state index in [1.54, 1.807) is 0 Å². The van der Waals surface area contributed by atoms with Crippen LogP contribution in [0.2, 0.25) is 0 Å². The van der Waals surface area contributed by atoms with Gasteiger partial charge in [-0.2, -0.15) is 0 Å². The number of nitrogens with two attached hydrogens (primary N) is 1. The summed E-state index contributed by atoms with van der Waals surface area (Å²) in [5.41, 5.74) is 4.87. The minimum Gasteiger partial charge on any atom is -0.328 e. The van der Waals surface area contributed by atoms with E-state index in [1.807, 2.05) is 0 Å². The first-order chi connectivity index (χ1) is 6.56. The second-order valence-electron chi connectivity index (χ2n) is 5.11. The van der Waals surface area contributed by atoms with E-state index in [9.17, 15) is 4.39 Å². The Morgan fingerprint density at radius 2 is 2.29 bits per heavy atom. The van der Waals surface area contributed by atoms with Gasteiger partial charge in [-0.25, -0.2) is 4.39 Å². The monoisotopic (exact) mass is 201 g/mol. The van der Waals surface area contributed by atoms with Gasteiger partial charge in [-0.15, -0.1) is 0 Å². The van der Waals surface area contributed by atoms with Crippen LogP contribution in [-0.2, 0) is 0 Å². The molecule has 1 saturated carbocycles. The van der Waals surface area contributed by atoms with Crippen molar-refractivity contribution >= 4 is 0 Å². The molecule has 0 amide bonds. The van der Waals surface area contributed by atoms with E-state index in [1.165, 1.54) is 0 Å². The molecule has 0 heterocycles. The lowest BCUT2D eigenvalue weighted by Crippen LogP contribution is -2.39. The summed E-state index contributed by atoms with van der Waals surface area (Å²) in [4.78, 5) is 0. The average molecular weight is 201 g/mol. The van der Waals surface area contributed by atoms with Gasteiger partial charge in [0.05, 0.1) is 0 Å². The predicted octanol–water partition coefficient (Wildman–Crippen LogP) is 3.42. The van der Waals surface area contributed by atoms with Crippen LogP contribution in [0.15, 0.2) is 0 Å². The van der Waals surface area contributed by atoms with Gasteiger partial charge >= 0.3 is 0 Å². The fourth-order valence-electron chi connectivity index (χ4n) is 2.76. The molecule has 3 atom stereocenters. The Bertz CT molecular complexity index is 172. The van der Waals surface area contributed by atoms with Crippen LogP contribution in [0.3, 0.4) is 0 Å². The molecule has 0 radical (unpaired) electrons. The molecule has 0 aliphatic heterocycles. The number of halogens is 1. The van der Waals surface area contributed by atoms with E-state index in [0.29, 0.717) is 18.8 Å². The summed E-state index contributed by atoms with van der Waals surface area (Å²) in [7, 11) is 0. The Hall–Kier alpha value is -0.110. The highest BCUT2D eigenvalue weighted by Gasteiger charge is 2.35. The second kappa shape index (κ2) is 5.11. The molecule has 14 heavy (non-hydrogen) atoms. The van der Waals surface area contributed by atoms with Crippen LogP contribution in [0.25, 0.3) is 0 Å². The first kappa shape index (κ1) is 12.0. The third kappa shape index (κ3) is 3.56. The predicted molar refractivity (Wildman–Crippen MR) is 59.0 cm³/mol. The fraction of sp³-hybridized carbons (Fsp3) is 1.00. The highest BCUT2D eigenvalue weighted by atomic mass is 19.1. The van der Waals surface area contributed by atoms with Gasteiger partial charge in [0.1, 0.15) is 5.67 Å². The largest absolute Gasteiger partial charge is 0.328 e. The Morgan fingerprint density at radius 3 is 2.86 bits per heavy atom. The van der Waals surface area contributed by atoms with Gasteiger partial charge < -0.3 is 5.73 Å². The van der Waals surface area contributed by atoms with Crippen molar-refractivity contribution in [2.24, 2.45) is 11.7 Å². The van der Waals surface area contributed by atoms with E-state index in [0.717, 1.165) is 32.1 Å². The molecule has 3 unspecified atom stereocenters. The number of rotatable bonds is 4. The SMILES string of the molecule is CCCC(C)CC1(F)CCCC(N)C1. The molecule has 2 heteroatoms. The molecule has 0 aromatic heterocycles. The lowest BCUT2D eigenvalue weighted by Gasteiger charge is -2.34. The highest BCUT2D eigenvalue weighted by molar-refractivity contribution is 4.89. The zero-order valence-electron chi connectivity index (χ0n) is 9.56. The van der Waals surface area contributed by atoms with Gasteiger partial charge in [-0.1, -0.05) is 26.7 Å². The molecule has 1 aliphatic carbocycles. The van der Waals surface area contributed by atoms with Crippen molar-refractivity contribution in [3.05, 3.63) is 0 Å². The Balaban J connectivity index is 2.39. The molecule has 1 rings (SSSR count). The normalized spacial score (nSPS) is 35.6. The van der Waals surface area contributed by atoms with Crippen molar-refractivity contribution in [1.29, 1.82) is 0 Å². The van der Waals surface area contributed by atoms with Crippen molar-refractivity contribution in [2.45, 2.75) is 70.5 Å². The van der Waals surface area contributed by atoms with Crippen LogP contribution in [-0.4, -0.2) is 11.7 Å². The lowest BCUT2D eigenvalue weighted by molar-refractivity contribution is 0.0679. The van der Waals surface area contributed by atoms with Gasteiger partial charge in [0, 0.05) is 6.04 Å². The minimum absolute atomic E-state index is 0.0996. The molecular formula is C12H24FN. The van der Waals surface area contributed by atoms with Crippen LogP contribution in [0.1, 0.15) is 58.8 Å². The van der Waals surface area contributed by atoms with E-state index >= 15 is 0 Å². The number of hydrogen-bond acceptors (Lipinski definition) is 1. The van der Waals surface area contributed by atoms with E-state index in [2.05, 4.69) is 13.8 Å². The summed E-state index contributed by atoms with van der Waals surface area (Å²) in [6, 6.07) is 0.0996. The van der Waals surface area contributed by atoms with Crippen molar-refractivity contribution < 1.29 is 4.39 Å². The van der Waals surface area contributed by atoms with Gasteiger partial charge in [0.2, 0.25) is 0 Å². The van der Waals surface area contributed by atoms with Gasteiger partial charge in [0.15, 0.2) is 0 Å². The summed E-state index contributed by atoms with van der Waals surface area (Å²) < 4.78 is 14.3. The second-order valence-corrected chi connectivity index (χ2v) is 5.11. The maximum atomic E-state index is 14.3. The van der Waals surface area contributed by atoms with E-state index < -0.39 is 5.67 Å². The third-order valence-electron chi connectivity index (χ3n) is 3.32. The lowest BCUT2D eigenvalue weighted by atomic mass is 9.78. The summed E-state index contributed by atoms with van der Waals surface area (Å²) >= 11 is 0. The van der Waals surface area contributed by atoms with E-state index in [-0.39, 0.29) is 6.04 Å². The number of alkyl halides is 1. The molecular weight excluding hydrogens is 177 g/mol. The molecule has 84 valence electrons. The van der Waals surface area contributed by atoms with Crippen LogP contribution in [0.4, 0.5) is 4.39 Å². The molecule has 1 aliphatic rings. The molecule has 0 saturated heterocycles. The van der Waals surface area contributed by atoms with Crippen LogP contribution >= 0.6 is 0 Å². The van der Waals surface area contributed by atoms with Crippen molar-refractivity contribution in [2.75, 3.05) is 0 Å². The average Bonchev–Trinajstić information content (AvgIpc) is 2.02. The summed E-state index contributed by atoms with van der Waals surface area (Å²) in [6.07, 6.45) is 6.30. The molecule has 0 aromatic carbocycles. The molecule has 0 spiro atoms. The van der Waals surface area contributed by atoms with E-state index in [4.69, 9.17) is 5.73 Å². The molecule has 0 aromatic rings. The molecule has 1 fully saturated rings. The number of hydrogen-bond donors (Lipinski definition) is 1. The zero-order chi connectivity index (χ0) is 10.6. The van der Waals surface area contributed by atoms with Gasteiger partial charge in [-0.3, -0.25) is 0 Å². The first-order valence-electron chi connectivity index (χ1n) is 6.00. The van der Waals surface area contributed by atoms with Gasteiger partial charge in [-0.05, 0) is 38.0 Å². The minimum atomic E-state index is -0.952. The van der Waals surface area contributed by atoms with Crippen LogP contribution < -0.4 is 5.73 Å². The molecule has 2 N–H and O–H groups in total. The Morgan fingerprint density at radius 1 is 1.57 bits per heavy atom. The molecule has 1 nitrogen and oxygen atoms in total. The van der Waals surface area contributed by atoms with Crippen molar-refractivity contribution in [1.82, 2.24) is 0 Å². The van der Waals surface area contributed by atoms with Crippen LogP contribution in [0.5, 0.6) is 0 Å². The Kier molecular flexibility index (Phi) is 4.36. The quantitative estimate of drug-likeness (QED) is 0.741.